The summed E-state index contributed by atoms with van der Waals surface area (Å²) < 4.78 is 5.33. The SMILES string of the molecule is CNCc1ccc(CN(C)CC(=O)O)cc1OC. The van der Waals surface area contributed by atoms with E-state index in [1.807, 2.05) is 25.2 Å². The molecule has 2 N–H and O–H groups in total. The highest BCUT2D eigenvalue weighted by Crippen LogP contribution is 2.20. The van der Waals surface area contributed by atoms with Crippen molar-refractivity contribution >= 4 is 5.97 Å². The molecule has 5 heteroatoms. The summed E-state index contributed by atoms with van der Waals surface area (Å²) in [7, 11) is 5.30. The van der Waals surface area contributed by atoms with Crippen LogP contribution in [-0.2, 0) is 17.9 Å². The third-order valence-electron chi connectivity index (χ3n) is 2.58. The summed E-state index contributed by atoms with van der Waals surface area (Å²) >= 11 is 0. The second-order valence-corrected chi connectivity index (χ2v) is 4.24. The molecule has 100 valence electrons. The van der Waals surface area contributed by atoms with Crippen LogP contribution in [0.4, 0.5) is 0 Å². The number of ether oxygens (including phenoxy) is 1. The van der Waals surface area contributed by atoms with Crippen molar-refractivity contribution in [3.8, 4) is 5.75 Å². The number of nitrogens with one attached hydrogen (secondary N) is 1. The summed E-state index contributed by atoms with van der Waals surface area (Å²) in [5, 5.41) is 11.8. The fraction of sp³-hybridized carbons (Fsp3) is 0.462. The highest BCUT2D eigenvalue weighted by atomic mass is 16.5. The third-order valence-corrected chi connectivity index (χ3v) is 2.58. The molecule has 0 amide bonds. The first-order valence-electron chi connectivity index (χ1n) is 5.77. The minimum Gasteiger partial charge on any atom is -0.496 e. The highest BCUT2D eigenvalue weighted by Gasteiger charge is 2.08. The fourth-order valence-corrected chi connectivity index (χ4v) is 1.82. The Morgan fingerprint density at radius 3 is 2.78 bits per heavy atom. The van der Waals surface area contributed by atoms with Gasteiger partial charge in [0.05, 0.1) is 13.7 Å². The lowest BCUT2D eigenvalue weighted by atomic mass is 10.1. The molecular formula is C13H20N2O3. The normalized spacial score (nSPS) is 10.7. The first kappa shape index (κ1) is 14.5. The van der Waals surface area contributed by atoms with Crippen LogP contribution in [0.2, 0.25) is 0 Å². The average Bonchev–Trinajstić information content (AvgIpc) is 2.30. The van der Waals surface area contributed by atoms with Gasteiger partial charge in [-0.3, -0.25) is 9.69 Å². The van der Waals surface area contributed by atoms with Crippen molar-refractivity contribution in [1.29, 1.82) is 0 Å². The molecule has 1 aromatic rings. The monoisotopic (exact) mass is 252 g/mol. The van der Waals surface area contributed by atoms with Crippen molar-refractivity contribution in [3.05, 3.63) is 29.3 Å². The summed E-state index contributed by atoms with van der Waals surface area (Å²) in [6, 6.07) is 5.94. The van der Waals surface area contributed by atoms with Crippen LogP contribution in [0.1, 0.15) is 11.1 Å². The van der Waals surface area contributed by atoms with Crippen molar-refractivity contribution in [2.75, 3.05) is 27.7 Å². The van der Waals surface area contributed by atoms with Gasteiger partial charge < -0.3 is 15.2 Å². The number of hydrogen-bond acceptors (Lipinski definition) is 4. The number of carboxylic acid groups (broad SMARTS) is 1. The van der Waals surface area contributed by atoms with E-state index in [0.29, 0.717) is 6.54 Å². The van der Waals surface area contributed by atoms with E-state index in [-0.39, 0.29) is 6.54 Å². The lowest BCUT2D eigenvalue weighted by molar-refractivity contribution is -0.138. The summed E-state index contributed by atoms with van der Waals surface area (Å²) in [5.74, 6) is 0.00171. The molecule has 18 heavy (non-hydrogen) atoms. The minimum atomic E-state index is -0.823. The standard InChI is InChI=1S/C13H20N2O3/c1-14-7-11-5-4-10(6-12(11)18-3)8-15(2)9-13(16)17/h4-6,14H,7-9H2,1-3H3,(H,16,17). The molecule has 1 rings (SSSR count). The van der Waals surface area contributed by atoms with Crippen molar-refractivity contribution in [1.82, 2.24) is 10.2 Å². The van der Waals surface area contributed by atoms with E-state index >= 15 is 0 Å². The smallest absolute Gasteiger partial charge is 0.317 e. The minimum absolute atomic E-state index is 0.0284. The molecule has 0 saturated heterocycles. The first-order valence-corrected chi connectivity index (χ1v) is 5.77. The average molecular weight is 252 g/mol. The van der Waals surface area contributed by atoms with Gasteiger partial charge in [0.25, 0.3) is 0 Å². The van der Waals surface area contributed by atoms with Crippen molar-refractivity contribution in [2.45, 2.75) is 13.1 Å². The van der Waals surface area contributed by atoms with Gasteiger partial charge in [-0.2, -0.15) is 0 Å². The number of carbonyl (C=O) groups is 1. The number of benzene rings is 1. The zero-order valence-electron chi connectivity index (χ0n) is 11.1. The Labute approximate surface area is 107 Å². The molecule has 0 radical (unpaired) electrons. The van der Waals surface area contributed by atoms with E-state index in [4.69, 9.17) is 9.84 Å². The summed E-state index contributed by atoms with van der Waals surface area (Å²) in [4.78, 5) is 12.3. The maximum atomic E-state index is 10.6. The van der Waals surface area contributed by atoms with Gasteiger partial charge in [-0.05, 0) is 25.7 Å². The lowest BCUT2D eigenvalue weighted by Crippen LogP contribution is -2.25. The molecular weight excluding hydrogens is 232 g/mol. The zero-order chi connectivity index (χ0) is 13.5. The number of aliphatic carboxylic acids is 1. The highest BCUT2D eigenvalue weighted by molar-refractivity contribution is 5.69. The van der Waals surface area contributed by atoms with Crippen LogP contribution in [0.3, 0.4) is 0 Å². The first-order chi connectivity index (χ1) is 8.56. The fourth-order valence-electron chi connectivity index (χ4n) is 1.82. The van der Waals surface area contributed by atoms with E-state index < -0.39 is 5.97 Å². The summed E-state index contributed by atoms with van der Waals surface area (Å²) in [6.07, 6.45) is 0. The Balaban J connectivity index is 2.75. The summed E-state index contributed by atoms with van der Waals surface area (Å²) in [5.41, 5.74) is 2.13. The number of methoxy groups -OCH3 is 1. The Hall–Kier alpha value is -1.59. The predicted octanol–water partition coefficient (Wildman–Crippen LogP) is 0.931. The van der Waals surface area contributed by atoms with Gasteiger partial charge in [0, 0.05) is 18.7 Å². The van der Waals surface area contributed by atoms with E-state index in [2.05, 4.69) is 5.32 Å². The molecule has 5 nitrogen and oxygen atoms in total. The Morgan fingerprint density at radius 1 is 1.50 bits per heavy atom. The van der Waals surface area contributed by atoms with Crippen molar-refractivity contribution < 1.29 is 14.6 Å². The molecule has 0 aromatic heterocycles. The second kappa shape index (κ2) is 6.98. The quantitative estimate of drug-likeness (QED) is 0.756. The van der Waals surface area contributed by atoms with Gasteiger partial charge >= 0.3 is 5.97 Å². The Kier molecular flexibility index (Phi) is 5.61. The maximum absolute atomic E-state index is 10.6. The zero-order valence-corrected chi connectivity index (χ0v) is 11.1. The van der Waals surface area contributed by atoms with E-state index in [9.17, 15) is 4.79 Å². The molecule has 0 spiro atoms. The van der Waals surface area contributed by atoms with Crippen LogP contribution >= 0.6 is 0 Å². The van der Waals surface area contributed by atoms with Crippen LogP contribution < -0.4 is 10.1 Å². The molecule has 0 bridgehead atoms. The van der Waals surface area contributed by atoms with E-state index in [1.54, 1.807) is 19.1 Å². The van der Waals surface area contributed by atoms with Crippen LogP contribution in [0.25, 0.3) is 0 Å². The van der Waals surface area contributed by atoms with Crippen LogP contribution in [0, 0.1) is 0 Å². The van der Waals surface area contributed by atoms with Crippen LogP contribution in [0.5, 0.6) is 5.75 Å². The van der Waals surface area contributed by atoms with Gasteiger partial charge in [0.2, 0.25) is 0 Å². The topological polar surface area (TPSA) is 61.8 Å². The molecule has 0 saturated carbocycles. The molecule has 0 fully saturated rings. The molecule has 0 aliphatic heterocycles. The van der Waals surface area contributed by atoms with Gasteiger partial charge in [-0.25, -0.2) is 0 Å². The summed E-state index contributed by atoms with van der Waals surface area (Å²) in [6.45, 7) is 1.36. The van der Waals surface area contributed by atoms with Crippen LogP contribution in [-0.4, -0.2) is 43.7 Å². The molecule has 0 aliphatic carbocycles. The number of carboxylic acids is 1. The molecule has 0 aliphatic rings. The molecule has 0 heterocycles. The van der Waals surface area contributed by atoms with Crippen molar-refractivity contribution in [3.63, 3.8) is 0 Å². The van der Waals surface area contributed by atoms with Crippen LogP contribution in [0.15, 0.2) is 18.2 Å². The van der Waals surface area contributed by atoms with Gasteiger partial charge in [0.15, 0.2) is 0 Å². The van der Waals surface area contributed by atoms with E-state index in [1.165, 1.54) is 0 Å². The third kappa shape index (κ3) is 4.35. The Morgan fingerprint density at radius 2 is 2.22 bits per heavy atom. The van der Waals surface area contributed by atoms with Crippen molar-refractivity contribution in [2.24, 2.45) is 0 Å². The molecule has 1 aromatic carbocycles. The number of likely N-dealkylation sites (N-methyl/N-ethyl adjacent to an activating group) is 1. The lowest BCUT2D eigenvalue weighted by Gasteiger charge is -2.16. The number of nitrogens with zero attached hydrogens (tertiary/aromatic N) is 1. The maximum Gasteiger partial charge on any atom is 0.317 e. The predicted molar refractivity (Wildman–Crippen MR) is 69.7 cm³/mol. The number of hydrogen-bond donors (Lipinski definition) is 2. The van der Waals surface area contributed by atoms with E-state index in [0.717, 1.165) is 23.4 Å². The molecule has 0 atom stereocenters. The van der Waals surface area contributed by atoms with Gasteiger partial charge in [0.1, 0.15) is 5.75 Å². The van der Waals surface area contributed by atoms with Gasteiger partial charge in [-0.15, -0.1) is 0 Å². The largest absolute Gasteiger partial charge is 0.496 e. The van der Waals surface area contributed by atoms with Gasteiger partial charge in [-0.1, -0.05) is 12.1 Å². The Bertz CT molecular complexity index is 407. The molecule has 0 unspecified atom stereocenters. The second-order valence-electron chi connectivity index (χ2n) is 4.24. The number of rotatable bonds is 7.